The highest BCUT2D eigenvalue weighted by Crippen LogP contribution is 2.16. The summed E-state index contributed by atoms with van der Waals surface area (Å²) in [7, 11) is 0. The number of nitrogen functional groups attached to an aromatic ring is 1. The highest BCUT2D eigenvalue weighted by atomic mass is 16.5. The van der Waals surface area contributed by atoms with Crippen molar-refractivity contribution in [2.45, 2.75) is 19.4 Å². The molecule has 0 aliphatic carbocycles. The van der Waals surface area contributed by atoms with Crippen LogP contribution in [0.5, 0.6) is 0 Å². The number of nitrogens with one attached hydrogen (secondary N) is 1. The molecule has 3 N–H and O–H groups in total. The van der Waals surface area contributed by atoms with Crippen LogP contribution in [0.15, 0.2) is 24.3 Å². The third-order valence-electron chi connectivity index (χ3n) is 3.28. The Balaban J connectivity index is 1.86. The van der Waals surface area contributed by atoms with E-state index in [1.165, 1.54) is 0 Å². The predicted octanol–water partition coefficient (Wildman–Crippen LogP) is 1.32. The van der Waals surface area contributed by atoms with E-state index in [-0.39, 0.29) is 12.0 Å². The van der Waals surface area contributed by atoms with Crippen LogP contribution in [-0.4, -0.2) is 43.2 Å². The van der Waals surface area contributed by atoms with E-state index in [2.05, 4.69) is 17.1 Å². The third-order valence-corrected chi connectivity index (χ3v) is 3.28. The maximum atomic E-state index is 12.0. The molecule has 104 valence electrons. The molecule has 0 radical (unpaired) electrons. The topological polar surface area (TPSA) is 67.6 Å². The molecule has 1 aliphatic rings. The van der Waals surface area contributed by atoms with E-state index in [1.807, 2.05) is 12.1 Å². The van der Waals surface area contributed by atoms with Crippen LogP contribution in [0.2, 0.25) is 0 Å². The van der Waals surface area contributed by atoms with Gasteiger partial charge in [-0.3, -0.25) is 9.69 Å². The van der Waals surface area contributed by atoms with Gasteiger partial charge in [0, 0.05) is 13.1 Å². The molecule has 1 aromatic carbocycles. The fraction of sp³-hybridized carbons (Fsp3) is 0.500. The minimum Gasteiger partial charge on any atom is -0.397 e. The Morgan fingerprint density at radius 2 is 2.32 bits per heavy atom. The second kappa shape index (κ2) is 6.54. The van der Waals surface area contributed by atoms with Crippen molar-refractivity contribution in [3.63, 3.8) is 0 Å². The Kier molecular flexibility index (Phi) is 4.76. The highest BCUT2D eigenvalue weighted by molar-refractivity contribution is 5.95. The molecule has 0 saturated carbocycles. The molecule has 5 heteroatoms. The van der Waals surface area contributed by atoms with Gasteiger partial charge in [0.2, 0.25) is 5.91 Å². The Hall–Kier alpha value is -1.59. The van der Waals surface area contributed by atoms with Gasteiger partial charge in [-0.05, 0) is 18.6 Å². The molecular weight excluding hydrogens is 242 g/mol. The number of hydrogen-bond acceptors (Lipinski definition) is 4. The normalized spacial score (nSPS) is 20.2. The van der Waals surface area contributed by atoms with Gasteiger partial charge in [-0.1, -0.05) is 19.1 Å². The van der Waals surface area contributed by atoms with Crippen molar-refractivity contribution in [2.24, 2.45) is 0 Å². The van der Waals surface area contributed by atoms with Crippen molar-refractivity contribution in [3.05, 3.63) is 24.3 Å². The summed E-state index contributed by atoms with van der Waals surface area (Å²) in [6, 6.07) is 7.28. The maximum Gasteiger partial charge on any atom is 0.238 e. The number of carbonyl (C=O) groups excluding carboxylic acids is 1. The molecule has 2 rings (SSSR count). The summed E-state index contributed by atoms with van der Waals surface area (Å²) >= 11 is 0. The SMILES string of the molecule is CCC1CN(CC(=O)Nc2ccccc2N)CCO1. The first-order chi connectivity index (χ1) is 9.19. The summed E-state index contributed by atoms with van der Waals surface area (Å²) in [5, 5.41) is 2.84. The number of rotatable bonds is 4. The predicted molar refractivity (Wildman–Crippen MR) is 76.0 cm³/mol. The van der Waals surface area contributed by atoms with Crippen LogP contribution < -0.4 is 11.1 Å². The number of hydrogen-bond donors (Lipinski definition) is 2. The molecular formula is C14H21N3O2. The number of anilines is 2. The molecule has 0 spiro atoms. The smallest absolute Gasteiger partial charge is 0.238 e. The highest BCUT2D eigenvalue weighted by Gasteiger charge is 2.20. The van der Waals surface area contributed by atoms with Gasteiger partial charge in [0.1, 0.15) is 0 Å². The van der Waals surface area contributed by atoms with Crippen LogP contribution in [0.25, 0.3) is 0 Å². The minimum absolute atomic E-state index is 0.0327. The molecule has 1 aromatic rings. The minimum atomic E-state index is -0.0327. The van der Waals surface area contributed by atoms with E-state index in [1.54, 1.807) is 12.1 Å². The largest absolute Gasteiger partial charge is 0.397 e. The number of ether oxygens (including phenoxy) is 1. The zero-order valence-electron chi connectivity index (χ0n) is 11.3. The third kappa shape index (κ3) is 3.94. The van der Waals surface area contributed by atoms with Crippen LogP contribution in [0.4, 0.5) is 11.4 Å². The molecule has 0 bridgehead atoms. The van der Waals surface area contributed by atoms with Gasteiger partial charge in [0.15, 0.2) is 0 Å². The lowest BCUT2D eigenvalue weighted by Crippen LogP contribution is -2.45. The average molecular weight is 263 g/mol. The van der Waals surface area contributed by atoms with E-state index in [0.717, 1.165) is 19.5 Å². The fourth-order valence-corrected chi connectivity index (χ4v) is 2.17. The zero-order valence-corrected chi connectivity index (χ0v) is 11.3. The number of benzene rings is 1. The Bertz CT molecular complexity index is 436. The fourth-order valence-electron chi connectivity index (χ4n) is 2.17. The summed E-state index contributed by atoms with van der Waals surface area (Å²) in [6.45, 7) is 4.79. The van der Waals surface area contributed by atoms with Gasteiger partial charge in [-0.15, -0.1) is 0 Å². The number of nitrogens with two attached hydrogens (primary N) is 1. The number of nitrogens with zero attached hydrogens (tertiary/aromatic N) is 1. The second-order valence-corrected chi connectivity index (χ2v) is 4.77. The molecule has 0 aromatic heterocycles. The quantitative estimate of drug-likeness (QED) is 0.804. The lowest BCUT2D eigenvalue weighted by Gasteiger charge is -2.31. The lowest BCUT2D eigenvalue weighted by molar-refractivity contribution is -0.119. The van der Waals surface area contributed by atoms with Crippen LogP contribution in [0.1, 0.15) is 13.3 Å². The summed E-state index contributed by atoms with van der Waals surface area (Å²) in [6.07, 6.45) is 1.22. The standard InChI is InChI=1S/C14H21N3O2/c1-2-11-9-17(7-8-19-11)10-14(18)16-13-6-4-3-5-12(13)15/h3-6,11H,2,7-10,15H2,1H3,(H,16,18). The molecule has 1 amide bonds. The van der Waals surface area contributed by atoms with Gasteiger partial charge in [-0.2, -0.15) is 0 Å². The Labute approximate surface area is 113 Å². The van der Waals surface area contributed by atoms with E-state index in [0.29, 0.717) is 24.5 Å². The van der Waals surface area contributed by atoms with E-state index in [4.69, 9.17) is 10.5 Å². The molecule has 1 fully saturated rings. The van der Waals surface area contributed by atoms with Crippen LogP contribution in [0.3, 0.4) is 0 Å². The number of morpholine rings is 1. The van der Waals surface area contributed by atoms with Gasteiger partial charge in [0.25, 0.3) is 0 Å². The van der Waals surface area contributed by atoms with Crippen LogP contribution in [0, 0.1) is 0 Å². The first-order valence-electron chi connectivity index (χ1n) is 6.67. The molecule has 19 heavy (non-hydrogen) atoms. The average Bonchev–Trinajstić information content (AvgIpc) is 2.41. The van der Waals surface area contributed by atoms with Gasteiger partial charge < -0.3 is 15.8 Å². The summed E-state index contributed by atoms with van der Waals surface area (Å²) in [5.41, 5.74) is 7.06. The van der Waals surface area contributed by atoms with Crippen molar-refractivity contribution < 1.29 is 9.53 Å². The number of para-hydroxylation sites is 2. The maximum absolute atomic E-state index is 12.0. The molecule has 1 heterocycles. The van der Waals surface area contributed by atoms with Gasteiger partial charge >= 0.3 is 0 Å². The van der Waals surface area contributed by atoms with E-state index >= 15 is 0 Å². The Morgan fingerprint density at radius 1 is 1.53 bits per heavy atom. The number of amides is 1. The van der Waals surface area contributed by atoms with Crippen LogP contribution >= 0.6 is 0 Å². The van der Waals surface area contributed by atoms with Crippen molar-refractivity contribution in [1.82, 2.24) is 4.90 Å². The summed E-state index contributed by atoms with van der Waals surface area (Å²) < 4.78 is 5.58. The van der Waals surface area contributed by atoms with Crippen molar-refractivity contribution >= 4 is 17.3 Å². The van der Waals surface area contributed by atoms with E-state index < -0.39 is 0 Å². The second-order valence-electron chi connectivity index (χ2n) is 4.77. The molecule has 1 saturated heterocycles. The molecule has 1 aliphatic heterocycles. The van der Waals surface area contributed by atoms with Crippen molar-refractivity contribution in [3.8, 4) is 0 Å². The summed E-state index contributed by atoms with van der Waals surface area (Å²) in [5.74, 6) is -0.0327. The molecule has 1 atom stereocenters. The lowest BCUT2D eigenvalue weighted by atomic mass is 10.2. The monoisotopic (exact) mass is 263 g/mol. The molecule has 5 nitrogen and oxygen atoms in total. The summed E-state index contributed by atoms with van der Waals surface area (Å²) in [4.78, 5) is 14.1. The van der Waals surface area contributed by atoms with Crippen molar-refractivity contribution in [2.75, 3.05) is 37.3 Å². The van der Waals surface area contributed by atoms with E-state index in [9.17, 15) is 4.79 Å². The number of carbonyl (C=O) groups is 1. The first kappa shape index (κ1) is 13.8. The molecule has 1 unspecified atom stereocenters. The first-order valence-corrected chi connectivity index (χ1v) is 6.67. The van der Waals surface area contributed by atoms with Gasteiger partial charge in [-0.25, -0.2) is 0 Å². The Morgan fingerprint density at radius 3 is 3.05 bits per heavy atom. The van der Waals surface area contributed by atoms with Crippen LogP contribution in [-0.2, 0) is 9.53 Å². The zero-order chi connectivity index (χ0) is 13.7. The van der Waals surface area contributed by atoms with Crippen molar-refractivity contribution in [1.29, 1.82) is 0 Å². The van der Waals surface area contributed by atoms with Gasteiger partial charge in [0.05, 0.1) is 30.6 Å².